The monoisotopic (exact) mass is 357 g/mol. The summed E-state index contributed by atoms with van der Waals surface area (Å²) >= 11 is 0. The van der Waals surface area contributed by atoms with Crippen LogP contribution in [0.4, 0.5) is 11.4 Å². The van der Waals surface area contributed by atoms with Crippen LogP contribution < -0.4 is 10.6 Å². The molecule has 2 fully saturated rings. The Hall–Kier alpha value is -2.70. The van der Waals surface area contributed by atoms with Crippen molar-refractivity contribution in [1.82, 2.24) is 4.90 Å². The van der Waals surface area contributed by atoms with E-state index in [1.807, 2.05) is 0 Å². The van der Waals surface area contributed by atoms with Crippen molar-refractivity contribution < 1.29 is 19.2 Å². The zero-order valence-corrected chi connectivity index (χ0v) is 14.8. The second kappa shape index (κ2) is 7.27. The molecule has 1 saturated heterocycles. The molecule has 2 aliphatic rings. The van der Waals surface area contributed by atoms with E-state index in [1.165, 1.54) is 6.92 Å². The predicted molar refractivity (Wildman–Crippen MR) is 96.2 cm³/mol. The van der Waals surface area contributed by atoms with Gasteiger partial charge in [-0.15, -0.1) is 0 Å². The molecule has 2 N–H and O–H groups in total. The van der Waals surface area contributed by atoms with Gasteiger partial charge in [0.25, 0.3) is 0 Å². The number of benzene rings is 1. The largest absolute Gasteiger partial charge is 0.326 e. The van der Waals surface area contributed by atoms with Crippen molar-refractivity contribution in [1.29, 1.82) is 0 Å². The van der Waals surface area contributed by atoms with Gasteiger partial charge in [-0.05, 0) is 37.1 Å². The van der Waals surface area contributed by atoms with E-state index in [4.69, 9.17) is 0 Å². The summed E-state index contributed by atoms with van der Waals surface area (Å²) in [4.78, 5) is 49.4. The molecular weight excluding hydrogens is 334 g/mol. The van der Waals surface area contributed by atoms with Gasteiger partial charge in [0.2, 0.25) is 23.6 Å². The van der Waals surface area contributed by atoms with E-state index in [2.05, 4.69) is 10.6 Å². The lowest BCUT2D eigenvalue weighted by Gasteiger charge is -2.30. The van der Waals surface area contributed by atoms with Gasteiger partial charge in [-0.25, -0.2) is 0 Å². The molecule has 7 nitrogen and oxygen atoms in total. The van der Waals surface area contributed by atoms with Crippen LogP contribution in [0.25, 0.3) is 0 Å². The topological polar surface area (TPSA) is 95.6 Å². The number of hydrogen-bond acceptors (Lipinski definition) is 4. The zero-order chi connectivity index (χ0) is 18.7. The normalized spacial score (nSPS) is 18.9. The molecule has 0 aromatic heterocycles. The molecule has 138 valence electrons. The maximum atomic E-state index is 12.7. The van der Waals surface area contributed by atoms with Gasteiger partial charge >= 0.3 is 0 Å². The molecule has 1 aliphatic heterocycles. The molecular formula is C19H23N3O4. The van der Waals surface area contributed by atoms with E-state index in [0.717, 1.165) is 37.0 Å². The van der Waals surface area contributed by atoms with Crippen LogP contribution in [-0.4, -0.2) is 35.1 Å². The van der Waals surface area contributed by atoms with Gasteiger partial charge in [-0.3, -0.25) is 24.1 Å². The molecule has 26 heavy (non-hydrogen) atoms. The van der Waals surface area contributed by atoms with Crippen LogP contribution >= 0.6 is 0 Å². The Morgan fingerprint density at radius 2 is 1.58 bits per heavy atom. The fraction of sp³-hybridized carbons (Fsp3) is 0.474. The highest BCUT2D eigenvalue weighted by molar-refractivity contribution is 6.09. The fourth-order valence-electron chi connectivity index (χ4n) is 3.82. The summed E-state index contributed by atoms with van der Waals surface area (Å²) in [5.74, 6) is -1.04. The highest BCUT2D eigenvalue weighted by Gasteiger charge is 2.51. The molecule has 1 spiro atoms. The Morgan fingerprint density at radius 1 is 1.00 bits per heavy atom. The van der Waals surface area contributed by atoms with Crippen molar-refractivity contribution in [2.75, 3.05) is 17.2 Å². The summed E-state index contributed by atoms with van der Waals surface area (Å²) in [6, 6.07) is 6.64. The number of carbonyl (C=O) groups excluding carboxylic acids is 4. The maximum Gasteiger partial charge on any atom is 0.244 e. The summed E-state index contributed by atoms with van der Waals surface area (Å²) in [6.45, 7) is 1.16. The zero-order valence-electron chi connectivity index (χ0n) is 14.8. The van der Waals surface area contributed by atoms with Crippen LogP contribution in [0.5, 0.6) is 0 Å². The average molecular weight is 357 g/mol. The number of carbonyl (C=O) groups is 4. The molecule has 0 bridgehead atoms. The summed E-state index contributed by atoms with van der Waals surface area (Å²) < 4.78 is 0. The van der Waals surface area contributed by atoms with Crippen molar-refractivity contribution in [3.05, 3.63) is 24.3 Å². The molecule has 3 rings (SSSR count). The van der Waals surface area contributed by atoms with Gasteiger partial charge < -0.3 is 10.6 Å². The molecule has 1 heterocycles. The second-order valence-electron chi connectivity index (χ2n) is 7.11. The number of hydrogen-bond donors (Lipinski definition) is 2. The van der Waals surface area contributed by atoms with E-state index >= 15 is 0 Å². The van der Waals surface area contributed by atoms with Gasteiger partial charge in [-0.1, -0.05) is 19.3 Å². The first-order chi connectivity index (χ1) is 12.4. The second-order valence-corrected chi connectivity index (χ2v) is 7.11. The standard InChI is InChI=1S/C19H23N3O4/c1-13(23)20-14-5-7-15(8-6-14)21-16(24)12-22-17(25)11-19(18(22)26)9-3-2-4-10-19/h5-8H,2-4,9-12H2,1H3,(H,20,23)(H,21,24). The number of likely N-dealkylation sites (tertiary alicyclic amines) is 1. The molecule has 1 aromatic rings. The first-order valence-electron chi connectivity index (χ1n) is 8.92. The number of anilines is 2. The minimum absolute atomic E-state index is 0.176. The number of imide groups is 1. The van der Waals surface area contributed by atoms with Gasteiger partial charge in [0.1, 0.15) is 6.54 Å². The lowest BCUT2D eigenvalue weighted by molar-refractivity contribution is -0.144. The Bertz CT molecular complexity index is 736. The van der Waals surface area contributed by atoms with Crippen LogP contribution in [-0.2, 0) is 19.2 Å². The van der Waals surface area contributed by atoms with Crippen LogP contribution in [0.15, 0.2) is 24.3 Å². The average Bonchev–Trinajstić information content (AvgIpc) is 2.81. The Balaban J connectivity index is 1.60. The minimum atomic E-state index is -0.574. The van der Waals surface area contributed by atoms with E-state index in [-0.39, 0.29) is 30.7 Å². The lowest BCUT2D eigenvalue weighted by atomic mass is 9.73. The summed E-state index contributed by atoms with van der Waals surface area (Å²) in [6.07, 6.45) is 4.71. The van der Waals surface area contributed by atoms with Crippen molar-refractivity contribution >= 4 is 35.0 Å². The van der Waals surface area contributed by atoms with Crippen molar-refractivity contribution in [2.24, 2.45) is 5.41 Å². The van der Waals surface area contributed by atoms with E-state index < -0.39 is 11.3 Å². The molecule has 0 unspecified atom stereocenters. The van der Waals surface area contributed by atoms with Crippen molar-refractivity contribution in [2.45, 2.75) is 45.4 Å². The SMILES string of the molecule is CC(=O)Nc1ccc(NC(=O)CN2C(=O)CC3(CCCCC3)C2=O)cc1. The molecule has 0 atom stereocenters. The maximum absolute atomic E-state index is 12.7. The van der Waals surface area contributed by atoms with Gasteiger partial charge in [0, 0.05) is 24.7 Å². The third-order valence-corrected chi connectivity index (χ3v) is 5.09. The summed E-state index contributed by atoms with van der Waals surface area (Å²) in [7, 11) is 0. The lowest BCUT2D eigenvalue weighted by Crippen LogP contribution is -2.41. The molecule has 0 radical (unpaired) electrons. The predicted octanol–water partition coefficient (Wildman–Crippen LogP) is 2.29. The van der Waals surface area contributed by atoms with Crippen molar-refractivity contribution in [3.8, 4) is 0 Å². The highest BCUT2D eigenvalue weighted by Crippen LogP contribution is 2.45. The van der Waals surface area contributed by atoms with E-state index in [1.54, 1.807) is 24.3 Å². The Labute approximate surface area is 152 Å². The van der Waals surface area contributed by atoms with Crippen molar-refractivity contribution in [3.63, 3.8) is 0 Å². The quantitative estimate of drug-likeness (QED) is 0.808. The minimum Gasteiger partial charge on any atom is -0.326 e. The fourth-order valence-corrected chi connectivity index (χ4v) is 3.82. The number of nitrogens with one attached hydrogen (secondary N) is 2. The van der Waals surface area contributed by atoms with E-state index in [0.29, 0.717) is 11.4 Å². The van der Waals surface area contributed by atoms with Crippen LogP contribution in [0, 0.1) is 5.41 Å². The molecule has 1 saturated carbocycles. The Kier molecular flexibility index (Phi) is 5.06. The van der Waals surface area contributed by atoms with Crippen LogP contribution in [0.3, 0.4) is 0 Å². The molecule has 1 aromatic carbocycles. The first kappa shape index (κ1) is 18.1. The third-order valence-electron chi connectivity index (χ3n) is 5.09. The van der Waals surface area contributed by atoms with Gasteiger partial charge in [0.15, 0.2) is 0 Å². The van der Waals surface area contributed by atoms with Crippen LogP contribution in [0.1, 0.15) is 45.4 Å². The Morgan fingerprint density at radius 3 is 2.15 bits per heavy atom. The summed E-state index contributed by atoms with van der Waals surface area (Å²) in [5.41, 5.74) is 0.588. The van der Waals surface area contributed by atoms with Gasteiger partial charge in [0.05, 0.1) is 5.41 Å². The van der Waals surface area contributed by atoms with Crippen LogP contribution in [0.2, 0.25) is 0 Å². The first-order valence-corrected chi connectivity index (χ1v) is 8.92. The smallest absolute Gasteiger partial charge is 0.244 e. The third kappa shape index (κ3) is 3.76. The highest BCUT2D eigenvalue weighted by atomic mass is 16.2. The van der Waals surface area contributed by atoms with E-state index in [9.17, 15) is 19.2 Å². The molecule has 4 amide bonds. The molecule has 7 heteroatoms. The van der Waals surface area contributed by atoms with Gasteiger partial charge in [-0.2, -0.15) is 0 Å². The summed E-state index contributed by atoms with van der Waals surface area (Å²) in [5, 5.41) is 5.32. The number of amides is 4. The molecule has 1 aliphatic carbocycles. The number of rotatable bonds is 4. The number of nitrogens with zero attached hydrogens (tertiary/aromatic N) is 1.